The third kappa shape index (κ3) is 3.90. The van der Waals surface area contributed by atoms with Crippen molar-refractivity contribution in [3.05, 3.63) is 16.9 Å². The predicted octanol–water partition coefficient (Wildman–Crippen LogP) is 2.70. The van der Waals surface area contributed by atoms with Gasteiger partial charge in [0.15, 0.2) is 5.82 Å². The zero-order chi connectivity index (χ0) is 17.4. The molecule has 6 nitrogen and oxygen atoms in total. The summed E-state index contributed by atoms with van der Waals surface area (Å²) in [7, 11) is 0. The van der Waals surface area contributed by atoms with Crippen LogP contribution in [0.3, 0.4) is 0 Å². The van der Waals surface area contributed by atoms with E-state index in [2.05, 4.69) is 0 Å². The van der Waals surface area contributed by atoms with Gasteiger partial charge in [-0.15, -0.1) is 0 Å². The molecule has 1 fully saturated rings. The Morgan fingerprint density at radius 2 is 1.78 bits per heavy atom. The van der Waals surface area contributed by atoms with Gasteiger partial charge in [0.25, 0.3) is 0 Å². The summed E-state index contributed by atoms with van der Waals surface area (Å²) in [5, 5.41) is -0.135. The minimum atomic E-state index is -0.630. The van der Waals surface area contributed by atoms with Gasteiger partial charge in [0.1, 0.15) is 10.6 Å². The highest BCUT2D eigenvalue weighted by Crippen LogP contribution is 2.36. The Morgan fingerprint density at radius 3 is 2.30 bits per heavy atom. The van der Waals surface area contributed by atoms with Crippen LogP contribution in [0.15, 0.2) is 6.07 Å². The first-order chi connectivity index (χ1) is 10.6. The van der Waals surface area contributed by atoms with Crippen LogP contribution in [0.4, 0.5) is 26.2 Å². The van der Waals surface area contributed by atoms with Gasteiger partial charge >= 0.3 is 6.09 Å². The summed E-state index contributed by atoms with van der Waals surface area (Å²) in [5.41, 5.74) is 11.5. The second-order valence-electron chi connectivity index (χ2n) is 6.49. The molecule has 1 amide bonds. The molecule has 8 heteroatoms. The highest BCUT2D eigenvalue weighted by Gasteiger charge is 2.28. The van der Waals surface area contributed by atoms with Gasteiger partial charge in [-0.25, -0.2) is 9.18 Å². The van der Waals surface area contributed by atoms with E-state index in [4.69, 9.17) is 27.8 Å². The fourth-order valence-corrected chi connectivity index (χ4v) is 2.56. The molecule has 1 aliphatic rings. The topological polar surface area (TPSA) is 84.8 Å². The van der Waals surface area contributed by atoms with Gasteiger partial charge in [-0.3, -0.25) is 0 Å². The average molecular weight is 345 g/mol. The van der Waals surface area contributed by atoms with Gasteiger partial charge in [0, 0.05) is 26.2 Å². The van der Waals surface area contributed by atoms with Gasteiger partial charge in [0.05, 0.1) is 17.1 Å². The Balaban J connectivity index is 2.08. The first-order valence-corrected chi connectivity index (χ1v) is 7.74. The monoisotopic (exact) mass is 344 g/mol. The fourth-order valence-electron chi connectivity index (χ4n) is 2.42. The number of nitrogen functional groups attached to an aromatic ring is 2. The second kappa shape index (κ2) is 6.31. The summed E-state index contributed by atoms with van der Waals surface area (Å²) in [4.78, 5) is 15.4. The quantitative estimate of drug-likeness (QED) is 0.765. The molecule has 0 aromatic heterocycles. The minimum absolute atomic E-state index is 0.109. The van der Waals surface area contributed by atoms with Crippen LogP contribution in [-0.4, -0.2) is 42.8 Å². The number of rotatable bonds is 1. The van der Waals surface area contributed by atoms with Crippen molar-refractivity contribution < 1.29 is 13.9 Å². The van der Waals surface area contributed by atoms with Crippen LogP contribution < -0.4 is 16.4 Å². The summed E-state index contributed by atoms with van der Waals surface area (Å²) in [6.07, 6.45) is -0.374. The number of carbonyl (C=O) groups is 1. The SMILES string of the molecule is CC(C)(C)OC(=O)N1CCN(c2c(N)cc(N)c(Cl)c2F)CC1. The van der Waals surface area contributed by atoms with E-state index in [0.29, 0.717) is 26.2 Å². The smallest absolute Gasteiger partial charge is 0.410 e. The van der Waals surface area contributed by atoms with Gasteiger partial charge < -0.3 is 26.0 Å². The summed E-state index contributed by atoms with van der Waals surface area (Å²) in [6, 6.07) is 1.45. The van der Waals surface area contributed by atoms with Gasteiger partial charge in [-0.1, -0.05) is 11.6 Å². The number of ether oxygens (including phenoxy) is 1. The Labute approximate surface area is 140 Å². The van der Waals surface area contributed by atoms with E-state index in [1.807, 2.05) is 20.8 Å². The molecule has 0 spiro atoms. The minimum Gasteiger partial charge on any atom is -0.444 e. The van der Waals surface area contributed by atoms with Crippen LogP contribution in [0.2, 0.25) is 5.02 Å². The van der Waals surface area contributed by atoms with Crippen molar-refractivity contribution in [2.75, 3.05) is 42.5 Å². The normalized spacial score (nSPS) is 15.7. The molecule has 0 atom stereocenters. The Bertz CT molecular complexity index is 610. The van der Waals surface area contributed by atoms with Crippen LogP contribution in [0.1, 0.15) is 20.8 Å². The van der Waals surface area contributed by atoms with E-state index < -0.39 is 11.4 Å². The number of hydrogen-bond donors (Lipinski definition) is 2. The second-order valence-corrected chi connectivity index (χ2v) is 6.86. The molecule has 1 saturated heterocycles. The molecule has 0 unspecified atom stereocenters. The number of hydrogen-bond acceptors (Lipinski definition) is 5. The number of nitrogens with two attached hydrogens (primary N) is 2. The number of amides is 1. The predicted molar refractivity (Wildman–Crippen MR) is 90.3 cm³/mol. The number of nitrogens with zero attached hydrogens (tertiary/aromatic N) is 2. The number of halogens is 2. The van der Waals surface area contributed by atoms with Crippen LogP contribution in [-0.2, 0) is 4.74 Å². The molecule has 23 heavy (non-hydrogen) atoms. The Morgan fingerprint density at radius 1 is 1.22 bits per heavy atom. The van der Waals surface area contributed by atoms with E-state index in [-0.39, 0.29) is 28.2 Å². The van der Waals surface area contributed by atoms with Crippen molar-refractivity contribution in [2.24, 2.45) is 0 Å². The lowest BCUT2D eigenvalue weighted by Gasteiger charge is -2.37. The molecule has 0 radical (unpaired) electrons. The molecule has 1 aromatic carbocycles. The standard InChI is InChI=1S/C15H22ClFN4O2/c1-15(2,3)23-14(22)21-6-4-20(5-7-21)13-10(19)8-9(18)11(16)12(13)17/h8H,4-7,18-19H2,1-3H3. The number of anilines is 3. The summed E-state index contributed by atoms with van der Waals surface area (Å²) < 4.78 is 19.7. The molecule has 1 aromatic rings. The summed E-state index contributed by atoms with van der Waals surface area (Å²) in [6.45, 7) is 7.13. The molecule has 4 N–H and O–H groups in total. The van der Waals surface area contributed by atoms with Gasteiger partial charge in [-0.05, 0) is 26.8 Å². The maximum Gasteiger partial charge on any atom is 0.410 e. The first kappa shape index (κ1) is 17.5. The Kier molecular flexibility index (Phi) is 4.79. The van der Waals surface area contributed by atoms with Crippen LogP contribution in [0.25, 0.3) is 0 Å². The lowest BCUT2D eigenvalue weighted by Crippen LogP contribution is -2.50. The molecule has 1 aliphatic heterocycles. The zero-order valence-corrected chi connectivity index (χ0v) is 14.3. The maximum atomic E-state index is 14.3. The third-order valence-corrected chi connectivity index (χ3v) is 3.87. The van der Waals surface area contributed by atoms with E-state index in [0.717, 1.165) is 0 Å². The van der Waals surface area contributed by atoms with Crippen LogP contribution >= 0.6 is 11.6 Å². The van der Waals surface area contributed by atoms with Gasteiger partial charge in [-0.2, -0.15) is 0 Å². The molecular formula is C15H22ClFN4O2. The van der Waals surface area contributed by atoms with Crippen molar-refractivity contribution >= 4 is 34.8 Å². The van der Waals surface area contributed by atoms with Crippen molar-refractivity contribution in [1.29, 1.82) is 0 Å². The lowest BCUT2D eigenvalue weighted by atomic mass is 10.2. The first-order valence-electron chi connectivity index (χ1n) is 7.36. The molecular weight excluding hydrogens is 323 g/mol. The molecule has 2 rings (SSSR count). The van der Waals surface area contributed by atoms with E-state index in [1.54, 1.807) is 9.80 Å². The van der Waals surface area contributed by atoms with Crippen LogP contribution in [0.5, 0.6) is 0 Å². The van der Waals surface area contributed by atoms with Crippen molar-refractivity contribution in [3.63, 3.8) is 0 Å². The Hall–Kier alpha value is -1.89. The highest BCUT2D eigenvalue weighted by atomic mass is 35.5. The fraction of sp³-hybridized carbons (Fsp3) is 0.533. The zero-order valence-electron chi connectivity index (χ0n) is 13.5. The van der Waals surface area contributed by atoms with Crippen LogP contribution in [0, 0.1) is 5.82 Å². The largest absolute Gasteiger partial charge is 0.444 e. The number of carbonyl (C=O) groups excluding carboxylic acids is 1. The van der Waals surface area contributed by atoms with Crippen molar-refractivity contribution in [1.82, 2.24) is 4.90 Å². The average Bonchev–Trinajstić information content (AvgIpc) is 2.44. The molecule has 0 saturated carbocycles. The van der Waals surface area contributed by atoms with Crippen molar-refractivity contribution in [3.8, 4) is 0 Å². The molecule has 0 aliphatic carbocycles. The summed E-state index contributed by atoms with van der Waals surface area (Å²) in [5.74, 6) is -0.630. The third-order valence-electron chi connectivity index (χ3n) is 3.49. The highest BCUT2D eigenvalue weighted by molar-refractivity contribution is 6.33. The number of benzene rings is 1. The summed E-state index contributed by atoms with van der Waals surface area (Å²) >= 11 is 5.86. The van der Waals surface area contributed by atoms with E-state index in [1.165, 1.54) is 6.07 Å². The number of piperazine rings is 1. The maximum absolute atomic E-state index is 14.3. The van der Waals surface area contributed by atoms with E-state index in [9.17, 15) is 9.18 Å². The lowest BCUT2D eigenvalue weighted by molar-refractivity contribution is 0.0240. The molecule has 1 heterocycles. The van der Waals surface area contributed by atoms with Crippen molar-refractivity contribution in [2.45, 2.75) is 26.4 Å². The molecule has 128 valence electrons. The molecule has 0 bridgehead atoms. The van der Waals surface area contributed by atoms with E-state index >= 15 is 0 Å². The van der Waals surface area contributed by atoms with Gasteiger partial charge in [0.2, 0.25) is 0 Å².